The summed E-state index contributed by atoms with van der Waals surface area (Å²) in [6, 6.07) is 13.4. The van der Waals surface area contributed by atoms with Crippen molar-refractivity contribution in [3.05, 3.63) is 54.1 Å². The predicted molar refractivity (Wildman–Crippen MR) is 132 cm³/mol. The van der Waals surface area contributed by atoms with Gasteiger partial charge in [0.05, 0.1) is 16.9 Å². The van der Waals surface area contributed by atoms with Gasteiger partial charge in [0.1, 0.15) is 11.6 Å². The number of carbonyl (C=O) groups excluding carboxylic acids is 3. The van der Waals surface area contributed by atoms with Crippen LogP contribution < -0.4 is 20.9 Å². The summed E-state index contributed by atoms with van der Waals surface area (Å²) in [5.41, 5.74) is 1.90. The molecule has 0 spiro atoms. The van der Waals surface area contributed by atoms with Gasteiger partial charge in [-0.15, -0.1) is 0 Å². The number of anilines is 3. The first-order chi connectivity index (χ1) is 16.2. The van der Waals surface area contributed by atoms with Crippen molar-refractivity contribution in [3.8, 4) is 0 Å². The lowest BCUT2D eigenvalue weighted by Gasteiger charge is -2.32. The summed E-state index contributed by atoms with van der Waals surface area (Å²) in [6.07, 6.45) is 4.46. The SMILES string of the molecule is CC(C)(C)OC(=O)c1cccc(NC(=O)NC2CN(C3CCCC3)c3ccccc3NC2=O)c1. The summed E-state index contributed by atoms with van der Waals surface area (Å²) in [5.74, 6) is -0.727. The van der Waals surface area contributed by atoms with Crippen molar-refractivity contribution >= 4 is 35.0 Å². The molecule has 1 heterocycles. The highest BCUT2D eigenvalue weighted by Crippen LogP contribution is 2.34. The van der Waals surface area contributed by atoms with E-state index in [4.69, 9.17) is 4.74 Å². The van der Waals surface area contributed by atoms with Gasteiger partial charge in [-0.2, -0.15) is 0 Å². The monoisotopic (exact) mass is 464 g/mol. The first kappa shape index (κ1) is 23.6. The Kier molecular flexibility index (Phi) is 6.77. The average molecular weight is 465 g/mol. The molecule has 1 aliphatic carbocycles. The Balaban J connectivity index is 1.46. The fourth-order valence-electron chi connectivity index (χ4n) is 4.49. The van der Waals surface area contributed by atoms with Crippen LogP contribution in [0, 0.1) is 0 Å². The number of rotatable bonds is 4. The standard InChI is InChI=1S/C26H32N4O4/c1-26(2,3)34-24(32)17-9-8-10-18(15-17)27-25(33)29-21-16-30(19-11-4-5-12-19)22-14-7-6-13-20(22)28-23(21)31/h6-10,13-15,19,21H,4-5,11-12,16H2,1-3H3,(H,28,31)(H2,27,29,33). The summed E-state index contributed by atoms with van der Waals surface area (Å²) in [5, 5.41) is 8.51. The van der Waals surface area contributed by atoms with Gasteiger partial charge in [-0.05, 0) is 63.9 Å². The van der Waals surface area contributed by atoms with E-state index >= 15 is 0 Å². The third kappa shape index (κ3) is 5.68. The lowest BCUT2D eigenvalue weighted by atomic mass is 10.1. The van der Waals surface area contributed by atoms with Gasteiger partial charge in [0, 0.05) is 18.3 Å². The average Bonchev–Trinajstić information content (AvgIpc) is 3.26. The number of carbonyl (C=O) groups is 3. The second kappa shape index (κ2) is 9.75. The van der Waals surface area contributed by atoms with Crippen LogP contribution in [0.15, 0.2) is 48.5 Å². The molecule has 0 saturated heterocycles. The zero-order chi connectivity index (χ0) is 24.3. The van der Waals surface area contributed by atoms with Crippen molar-refractivity contribution in [3.63, 3.8) is 0 Å². The summed E-state index contributed by atoms with van der Waals surface area (Å²) in [4.78, 5) is 40.4. The maximum Gasteiger partial charge on any atom is 0.338 e. The van der Waals surface area contributed by atoms with Crippen molar-refractivity contribution in [2.45, 2.75) is 64.1 Å². The largest absolute Gasteiger partial charge is 0.456 e. The molecule has 34 heavy (non-hydrogen) atoms. The molecule has 1 saturated carbocycles. The second-order valence-electron chi connectivity index (χ2n) is 9.83. The minimum absolute atomic E-state index is 0.259. The van der Waals surface area contributed by atoms with E-state index in [-0.39, 0.29) is 5.91 Å². The number of esters is 1. The maximum atomic E-state index is 13.0. The minimum Gasteiger partial charge on any atom is -0.456 e. The molecule has 2 aliphatic rings. The number of nitrogens with zero attached hydrogens (tertiary/aromatic N) is 1. The molecule has 0 aromatic heterocycles. The molecule has 1 unspecified atom stereocenters. The lowest BCUT2D eigenvalue weighted by Crippen LogP contribution is -2.52. The van der Waals surface area contributed by atoms with Gasteiger partial charge < -0.3 is 25.6 Å². The molecule has 1 aliphatic heterocycles. The quantitative estimate of drug-likeness (QED) is 0.577. The Morgan fingerprint density at radius 3 is 2.53 bits per heavy atom. The van der Waals surface area contributed by atoms with Crippen molar-refractivity contribution < 1.29 is 19.1 Å². The molecular formula is C26H32N4O4. The molecule has 4 rings (SSSR count). The fourth-order valence-corrected chi connectivity index (χ4v) is 4.49. The molecule has 2 aromatic carbocycles. The molecule has 3 N–H and O–H groups in total. The molecule has 2 aromatic rings. The van der Waals surface area contributed by atoms with E-state index in [1.807, 2.05) is 24.3 Å². The number of hydrogen-bond donors (Lipinski definition) is 3. The third-order valence-electron chi connectivity index (χ3n) is 5.99. The fraction of sp³-hybridized carbons (Fsp3) is 0.423. The Morgan fingerprint density at radius 2 is 1.79 bits per heavy atom. The van der Waals surface area contributed by atoms with E-state index in [0.29, 0.717) is 23.8 Å². The molecular weight excluding hydrogens is 432 g/mol. The number of para-hydroxylation sites is 2. The number of amides is 3. The summed E-state index contributed by atoms with van der Waals surface area (Å²) >= 11 is 0. The number of benzene rings is 2. The van der Waals surface area contributed by atoms with Gasteiger partial charge in [0.15, 0.2) is 0 Å². The van der Waals surface area contributed by atoms with E-state index in [1.54, 1.807) is 45.0 Å². The zero-order valence-electron chi connectivity index (χ0n) is 19.9. The number of hydrogen-bond acceptors (Lipinski definition) is 5. The topological polar surface area (TPSA) is 99.8 Å². The van der Waals surface area contributed by atoms with Crippen LogP contribution in [0.3, 0.4) is 0 Å². The van der Waals surface area contributed by atoms with E-state index in [1.165, 1.54) is 0 Å². The van der Waals surface area contributed by atoms with Crippen LogP contribution in [0.5, 0.6) is 0 Å². The molecule has 0 radical (unpaired) electrons. The number of ether oxygens (including phenoxy) is 1. The molecule has 0 bridgehead atoms. The van der Waals surface area contributed by atoms with Crippen LogP contribution in [-0.2, 0) is 9.53 Å². The van der Waals surface area contributed by atoms with E-state index in [0.717, 1.165) is 37.1 Å². The van der Waals surface area contributed by atoms with Crippen LogP contribution in [0.1, 0.15) is 56.8 Å². The predicted octanol–water partition coefficient (Wildman–Crippen LogP) is 4.53. The molecule has 180 valence electrons. The Hall–Kier alpha value is -3.55. The maximum absolute atomic E-state index is 13.0. The number of urea groups is 1. The first-order valence-electron chi connectivity index (χ1n) is 11.8. The Bertz CT molecular complexity index is 1070. The van der Waals surface area contributed by atoms with Crippen LogP contribution in [0.2, 0.25) is 0 Å². The van der Waals surface area contributed by atoms with Gasteiger partial charge in [0.2, 0.25) is 5.91 Å². The van der Waals surface area contributed by atoms with Crippen LogP contribution in [0.4, 0.5) is 21.9 Å². The van der Waals surface area contributed by atoms with E-state index in [9.17, 15) is 14.4 Å². The van der Waals surface area contributed by atoms with E-state index in [2.05, 4.69) is 20.9 Å². The van der Waals surface area contributed by atoms with Crippen molar-refractivity contribution in [1.82, 2.24) is 5.32 Å². The highest BCUT2D eigenvalue weighted by molar-refractivity contribution is 6.03. The molecule has 1 fully saturated rings. The third-order valence-corrected chi connectivity index (χ3v) is 5.99. The van der Waals surface area contributed by atoms with Gasteiger partial charge >= 0.3 is 12.0 Å². The lowest BCUT2D eigenvalue weighted by molar-refractivity contribution is -0.117. The van der Waals surface area contributed by atoms with Gasteiger partial charge in [-0.1, -0.05) is 31.0 Å². The van der Waals surface area contributed by atoms with Crippen molar-refractivity contribution in [1.29, 1.82) is 0 Å². The molecule has 8 nitrogen and oxygen atoms in total. The van der Waals surface area contributed by atoms with Crippen LogP contribution in [-0.4, -0.2) is 42.1 Å². The van der Waals surface area contributed by atoms with Crippen molar-refractivity contribution in [2.75, 3.05) is 22.1 Å². The second-order valence-corrected chi connectivity index (χ2v) is 9.83. The highest BCUT2D eigenvalue weighted by Gasteiger charge is 2.33. The summed E-state index contributed by atoms with van der Waals surface area (Å²) < 4.78 is 5.40. The van der Waals surface area contributed by atoms with Crippen LogP contribution >= 0.6 is 0 Å². The van der Waals surface area contributed by atoms with Gasteiger partial charge in [-0.3, -0.25) is 4.79 Å². The summed E-state index contributed by atoms with van der Waals surface area (Å²) in [6.45, 7) is 5.78. The zero-order valence-corrected chi connectivity index (χ0v) is 19.9. The Morgan fingerprint density at radius 1 is 1.06 bits per heavy atom. The van der Waals surface area contributed by atoms with Crippen LogP contribution in [0.25, 0.3) is 0 Å². The highest BCUT2D eigenvalue weighted by atomic mass is 16.6. The first-order valence-corrected chi connectivity index (χ1v) is 11.8. The van der Waals surface area contributed by atoms with Gasteiger partial charge in [-0.25, -0.2) is 9.59 Å². The van der Waals surface area contributed by atoms with Gasteiger partial charge in [0.25, 0.3) is 0 Å². The number of nitrogens with one attached hydrogen (secondary N) is 3. The summed E-state index contributed by atoms with van der Waals surface area (Å²) in [7, 11) is 0. The normalized spacial score (nSPS) is 18.5. The molecule has 8 heteroatoms. The molecule has 1 atom stereocenters. The Labute approximate surface area is 200 Å². The van der Waals surface area contributed by atoms with Crippen molar-refractivity contribution in [2.24, 2.45) is 0 Å². The number of fused-ring (bicyclic) bond motifs is 1. The smallest absolute Gasteiger partial charge is 0.338 e. The molecule has 3 amide bonds. The minimum atomic E-state index is -0.734. The van der Waals surface area contributed by atoms with E-state index < -0.39 is 23.6 Å².